The van der Waals surface area contributed by atoms with Crippen molar-refractivity contribution in [3.8, 4) is 0 Å². The fourth-order valence-electron chi connectivity index (χ4n) is 6.74. The molecule has 53 heavy (non-hydrogen) atoms. The average Bonchev–Trinajstić information content (AvgIpc) is 3.56. The summed E-state index contributed by atoms with van der Waals surface area (Å²) in [5, 5.41) is 8.98. The number of nitrogens with zero attached hydrogens (tertiary/aromatic N) is 2. The summed E-state index contributed by atoms with van der Waals surface area (Å²) in [5.41, 5.74) is -8.28. The number of halogens is 9. The Labute approximate surface area is 295 Å². The largest absolute Gasteiger partial charge is 0.474 e. The minimum Gasteiger partial charge on any atom is -0.474 e. The Morgan fingerprint density at radius 2 is 1.34 bits per heavy atom. The van der Waals surface area contributed by atoms with Gasteiger partial charge in [-0.2, -0.15) is 26.3 Å². The summed E-state index contributed by atoms with van der Waals surface area (Å²) in [6, 6.07) is 7.58. The number of carboxylic acids is 1. The molecule has 3 aromatic carbocycles. The van der Waals surface area contributed by atoms with Crippen LogP contribution in [-0.4, -0.2) is 79.6 Å². The zero-order chi connectivity index (χ0) is 39.1. The number of hydrogen-bond donors (Lipinski definition) is 1. The molecule has 0 bridgehead atoms. The molecule has 2 amide bonds. The van der Waals surface area contributed by atoms with Gasteiger partial charge in [-0.3, -0.25) is 9.59 Å². The molecule has 286 valence electrons. The van der Waals surface area contributed by atoms with Gasteiger partial charge >= 0.3 is 24.2 Å². The van der Waals surface area contributed by atoms with E-state index in [9.17, 15) is 62.3 Å². The first-order valence-electron chi connectivity index (χ1n) is 15.8. The standard InChI is InChI=1S/C34H29F9N2O7S/c35-23-8-10-24(11-9-23)53(50,51)31(14-17-45(19-31)28(46)20-12-15-44(16-13-20)29(47)30(48)49)21-4-6-22(7-5-21)32(33(38,39)40,34(41,42)43)52-18-25-26(36)2-1-3-27(25)37/h1-11,20H,12-19H2,(H,48,49)/t31-/m0/s1. The number of benzene rings is 3. The highest BCUT2D eigenvalue weighted by molar-refractivity contribution is 7.92. The van der Waals surface area contributed by atoms with Crippen molar-refractivity contribution in [2.24, 2.45) is 5.92 Å². The summed E-state index contributed by atoms with van der Waals surface area (Å²) >= 11 is 0. The number of amides is 2. The van der Waals surface area contributed by atoms with Crippen LogP contribution in [0.2, 0.25) is 0 Å². The number of ether oxygens (including phenoxy) is 1. The monoisotopic (exact) mass is 780 g/mol. The molecule has 2 aliphatic rings. The summed E-state index contributed by atoms with van der Waals surface area (Å²) in [4.78, 5) is 38.2. The average molecular weight is 781 g/mol. The maximum Gasteiger partial charge on any atom is 0.430 e. The van der Waals surface area contributed by atoms with E-state index in [0.29, 0.717) is 36.4 Å². The molecule has 0 spiro atoms. The Balaban J connectivity index is 1.54. The van der Waals surface area contributed by atoms with Crippen LogP contribution in [0.5, 0.6) is 0 Å². The predicted molar refractivity (Wildman–Crippen MR) is 165 cm³/mol. The maximum absolute atomic E-state index is 14.6. The number of piperidine rings is 1. The maximum atomic E-state index is 14.6. The number of rotatable bonds is 8. The molecule has 1 atom stereocenters. The topological polar surface area (TPSA) is 121 Å². The first-order valence-corrected chi connectivity index (χ1v) is 17.3. The molecule has 0 radical (unpaired) electrons. The molecule has 9 nitrogen and oxygen atoms in total. The van der Waals surface area contributed by atoms with Crippen LogP contribution in [0.15, 0.2) is 71.6 Å². The molecular formula is C34H29F9N2O7S. The number of sulfone groups is 1. The van der Waals surface area contributed by atoms with Crippen molar-refractivity contribution in [2.45, 2.75) is 53.5 Å². The number of carbonyl (C=O) groups is 3. The Kier molecular flexibility index (Phi) is 10.7. The summed E-state index contributed by atoms with van der Waals surface area (Å²) in [7, 11) is -4.70. The van der Waals surface area contributed by atoms with E-state index in [2.05, 4.69) is 4.74 Å². The molecule has 0 aliphatic carbocycles. The first kappa shape index (κ1) is 39.6. The lowest BCUT2D eigenvalue weighted by Gasteiger charge is -2.38. The number of hydrogen-bond acceptors (Lipinski definition) is 6. The third-order valence-corrected chi connectivity index (χ3v) is 12.1. The lowest BCUT2D eigenvalue weighted by atomic mass is 9.88. The quantitative estimate of drug-likeness (QED) is 0.173. The van der Waals surface area contributed by atoms with Crippen LogP contribution in [0.4, 0.5) is 39.5 Å². The van der Waals surface area contributed by atoms with Crippen LogP contribution in [-0.2, 0) is 45.9 Å². The highest BCUT2D eigenvalue weighted by Gasteiger charge is 2.73. The molecule has 0 aromatic heterocycles. The molecule has 2 heterocycles. The minimum absolute atomic E-state index is 0.0223. The van der Waals surface area contributed by atoms with E-state index in [0.717, 1.165) is 40.1 Å². The number of likely N-dealkylation sites (tertiary alicyclic amines) is 2. The molecule has 2 aliphatic heterocycles. The number of carbonyl (C=O) groups excluding carboxylic acids is 2. The van der Waals surface area contributed by atoms with Gasteiger partial charge in [0.2, 0.25) is 5.91 Å². The van der Waals surface area contributed by atoms with Gasteiger partial charge in [0.15, 0.2) is 9.84 Å². The van der Waals surface area contributed by atoms with Crippen molar-refractivity contribution in [1.82, 2.24) is 9.80 Å². The van der Waals surface area contributed by atoms with Gasteiger partial charge < -0.3 is 19.6 Å². The van der Waals surface area contributed by atoms with E-state index in [1.165, 1.54) is 0 Å². The molecule has 3 aromatic rings. The van der Waals surface area contributed by atoms with Crippen LogP contribution in [0.25, 0.3) is 0 Å². The smallest absolute Gasteiger partial charge is 0.430 e. The Hall–Kier alpha value is -4.65. The Morgan fingerprint density at radius 3 is 1.85 bits per heavy atom. The molecule has 0 saturated carbocycles. The fourth-order valence-corrected chi connectivity index (χ4v) is 8.81. The van der Waals surface area contributed by atoms with E-state index >= 15 is 0 Å². The second kappa shape index (κ2) is 14.3. The zero-order valence-corrected chi connectivity index (χ0v) is 28.0. The second-order valence-electron chi connectivity index (χ2n) is 12.6. The summed E-state index contributed by atoms with van der Waals surface area (Å²) in [6.45, 7) is -2.88. The number of carboxylic acid groups (broad SMARTS) is 1. The van der Waals surface area contributed by atoms with Crippen LogP contribution in [0, 0.1) is 23.4 Å². The third kappa shape index (κ3) is 7.07. The first-order chi connectivity index (χ1) is 24.7. The zero-order valence-electron chi connectivity index (χ0n) is 27.2. The lowest BCUT2D eigenvalue weighted by Crippen LogP contribution is -2.56. The molecule has 5 rings (SSSR count). The van der Waals surface area contributed by atoms with Gasteiger partial charge in [0.25, 0.3) is 5.60 Å². The minimum atomic E-state index is -6.27. The molecule has 2 fully saturated rings. The van der Waals surface area contributed by atoms with Gasteiger partial charge in [0, 0.05) is 43.2 Å². The van der Waals surface area contributed by atoms with E-state index < -0.39 is 109 Å². The van der Waals surface area contributed by atoms with Crippen molar-refractivity contribution in [1.29, 1.82) is 0 Å². The van der Waals surface area contributed by atoms with Crippen molar-refractivity contribution in [3.05, 3.63) is 101 Å². The number of alkyl halides is 6. The van der Waals surface area contributed by atoms with Gasteiger partial charge in [-0.25, -0.2) is 26.4 Å². The van der Waals surface area contributed by atoms with E-state index in [1.54, 1.807) is 0 Å². The molecule has 19 heteroatoms. The van der Waals surface area contributed by atoms with Crippen LogP contribution in [0.3, 0.4) is 0 Å². The van der Waals surface area contributed by atoms with Crippen molar-refractivity contribution in [3.63, 3.8) is 0 Å². The van der Waals surface area contributed by atoms with Gasteiger partial charge in [-0.05, 0) is 61.2 Å². The van der Waals surface area contributed by atoms with E-state index in [-0.39, 0.29) is 38.0 Å². The van der Waals surface area contributed by atoms with E-state index in [4.69, 9.17) is 5.11 Å². The van der Waals surface area contributed by atoms with Gasteiger partial charge in [-0.1, -0.05) is 30.3 Å². The summed E-state index contributed by atoms with van der Waals surface area (Å²) < 4.78 is 160. The molecular weight excluding hydrogens is 751 g/mol. The predicted octanol–water partition coefficient (Wildman–Crippen LogP) is 5.87. The fraction of sp³-hybridized carbons (Fsp3) is 0.382. The second-order valence-corrected chi connectivity index (χ2v) is 14.8. The van der Waals surface area contributed by atoms with Crippen LogP contribution >= 0.6 is 0 Å². The van der Waals surface area contributed by atoms with E-state index in [1.807, 2.05) is 0 Å². The van der Waals surface area contributed by atoms with Crippen molar-refractivity contribution >= 4 is 27.6 Å². The van der Waals surface area contributed by atoms with Gasteiger partial charge in [0.05, 0.1) is 11.5 Å². The van der Waals surface area contributed by atoms with Crippen molar-refractivity contribution in [2.75, 3.05) is 26.2 Å². The highest BCUT2D eigenvalue weighted by atomic mass is 32.2. The Bertz CT molecular complexity index is 1950. The molecule has 0 unspecified atom stereocenters. The highest BCUT2D eigenvalue weighted by Crippen LogP contribution is 2.54. The van der Waals surface area contributed by atoms with Crippen molar-refractivity contribution < 1.29 is 72.2 Å². The molecule has 2 saturated heterocycles. The summed E-state index contributed by atoms with van der Waals surface area (Å²) in [6.07, 6.45) is -12.9. The summed E-state index contributed by atoms with van der Waals surface area (Å²) in [5.74, 6) is -7.97. The van der Waals surface area contributed by atoms with Gasteiger partial charge in [-0.15, -0.1) is 0 Å². The third-order valence-electron chi connectivity index (χ3n) is 9.61. The lowest BCUT2D eigenvalue weighted by molar-refractivity contribution is -0.392. The van der Waals surface area contributed by atoms with Crippen LogP contribution in [0.1, 0.15) is 36.0 Å². The van der Waals surface area contributed by atoms with Crippen LogP contribution < -0.4 is 0 Å². The Morgan fingerprint density at radius 1 is 0.792 bits per heavy atom. The SMILES string of the molecule is O=C(O)C(=O)N1CCC(C(=O)N2CC[C@](c3ccc(C(OCc4c(F)cccc4F)(C(F)(F)F)C(F)(F)F)cc3)(S(=O)(=O)c3ccc(F)cc3)C2)CC1. The number of aliphatic carboxylic acids is 1. The van der Waals surface area contributed by atoms with Gasteiger partial charge in [0.1, 0.15) is 22.2 Å². The normalized spacial score (nSPS) is 19.0. The molecule has 1 N–H and O–H groups in total.